The molecule has 0 atom stereocenters. The van der Waals surface area contributed by atoms with Crippen LogP contribution in [-0.4, -0.2) is 51.1 Å². The monoisotopic (exact) mass is 265 g/mol. The molecule has 0 unspecified atom stereocenters. The lowest BCUT2D eigenvalue weighted by atomic mass is 10.2. The Hall–Kier alpha value is -1.59. The maximum atomic E-state index is 12.0. The van der Waals surface area contributed by atoms with Crippen LogP contribution in [0, 0.1) is 0 Å². The van der Waals surface area contributed by atoms with E-state index in [0.717, 1.165) is 13.0 Å². The molecule has 5 nitrogen and oxygen atoms in total. The van der Waals surface area contributed by atoms with Gasteiger partial charge in [0.05, 0.1) is 5.56 Å². The lowest BCUT2D eigenvalue weighted by molar-refractivity contribution is 0.0949. The van der Waals surface area contributed by atoms with Gasteiger partial charge in [-0.1, -0.05) is 12.1 Å². The lowest BCUT2D eigenvalue weighted by Gasteiger charge is -2.13. The largest absolute Gasteiger partial charge is 0.491 e. The number of amides is 1. The minimum absolute atomic E-state index is 0.117. The number of nitrogens with one attached hydrogen (secondary N) is 1. The van der Waals surface area contributed by atoms with Crippen molar-refractivity contribution in [1.82, 2.24) is 10.2 Å². The minimum Gasteiger partial charge on any atom is -0.491 e. The van der Waals surface area contributed by atoms with Crippen molar-refractivity contribution in [2.75, 3.05) is 40.3 Å². The number of likely N-dealkylation sites (N-methyl/N-ethyl adjacent to an activating group) is 1. The molecule has 0 saturated carbocycles. The van der Waals surface area contributed by atoms with E-state index in [1.54, 1.807) is 6.07 Å². The molecule has 1 aromatic carbocycles. The highest BCUT2D eigenvalue weighted by molar-refractivity contribution is 5.96. The Morgan fingerprint density at radius 2 is 2.11 bits per heavy atom. The molecule has 106 valence electrons. The fourth-order valence-electron chi connectivity index (χ4n) is 1.52. The van der Waals surface area contributed by atoms with Crippen molar-refractivity contribution < 1.29 is 9.53 Å². The lowest BCUT2D eigenvalue weighted by Crippen LogP contribution is -2.27. The van der Waals surface area contributed by atoms with Gasteiger partial charge in [0.25, 0.3) is 5.91 Å². The quantitative estimate of drug-likeness (QED) is 0.679. The highest BCUT2D eigenvalue weighted by Crippen LogP contribution is 2.17. The van der Waals surface area contributed by atoms with Gasteiger partial charge in [0.1, 0.15) is 12.4 Å². The van der Waals surface area contributed by atoms with Crippen LogP contribution in [-0.2, 0) is 0 Å². The van der Waals surface area contributed by atoms with Gasteiger partial charge in [-0.15, -0.1) is 0 Å². The van der Waals surface area contributed by atoms with Crippen molar-refractivity contribution >= 4 is 5.91 Å². The topological polar surface area (TPSA) is 67.6 Å². The van der Waals surface area contributed by atoms with Crippen LogP contribution >= 0.6 is 0 Å². The molecular weight excluding hydrogens is 242 g/mol. The van der Waals surface area contributed by atoms with Gasteiger partial charge in [-0.2, -0.15) is 0 Å². The van der Waals surface area contributed by atoms with E-state index < -0.39 is 0 Å². The maximum absolute atomic E-state index is 12.0. The van der Waals surface area contributed by atoms with Crippen LogP contribution in [0.1, 0.15) is 16.8 Å². The highest BCUT2D eigenvalue weighted by Gasteiger charge is 2.11. The first-order valence-electron chi connectivity index (χ1n) is 6.50. The highest BCUT2D eigenvalue weighted by atomic mass is 16.5. The summed E-state index contributed by atoms with van der Waals surface area (Å²) < 4.78 is 5.65. The molecule has 1 aromatic rings. The van der Waals surface area contributed by atoms with Crippen LogP contribution in [0.4, 0.5) is 0 Å². The van der Waals surface area contributed by atoms with E-state index >= 15 is 0 Å². The Balaban J connectivity index is 2.59. The van der Waals surface area contributed by atoms with Crippen molar-refractivity contribution in [3.63, 3.8) is 0 Å². The second kappa shape index (κ2) is 8.50. The fraction of sp³-hybridized carbons (Fsp3) is 0.500. The number of rotatable bonds is 8. The average Bonchev–Trinajstić information content (AvgIpc) is 2.39. The molecule has 0 aliphatic rings. The van der Waals surface area contributed by atoms with Gasteiger partial charge in [-0.3, -0.25) is 4.79 Å². The third-order valence-corrected chi connectivity index (χ3v) is 2.59. The molecule has 0 aliphatic carbocycles. The molecule has 0 radical (unpaired) electrons. The van der Waals surface area contributed by atoms with Crippen molar-refractivity contribution in [3.05, 3.63) is 29.8 Å². The molecule has 0 bridgehead atoms. The molecule has 0 aromatic heterocycles. The van der Waals surface area contributed by atoms with Crippen molar-refractivity contribution in [2.24, 2.45) is 5.73 Å². The molecule has 1 rings (SSSR count). The number of para-hydroxylation sites is 1. The zero-order chi connectivity index (χ0) is 14.1. The van der Waals surface area contributed by atoms with Crippen molar-refractivity contribution in [3.8, 4) is 5.75 Å². The standard InChI is InChI=1S/C14H23N3O2/c1-17(2)10-11-19-13-7-4-3-6-12(13)14(18)16-9-5-8-15/h3-4,6-7H,5,8-11,15H2,1-2H3,(H,16,18). The third-order valence-electron chi connectivity index (χ3n) is 2.59. The SMILES string of the molecule is CN(C)CCOc1ccccc1C(=O)NCCCN. The van der Waals surface area contributed by atoms with E-state index in [1.165, 1.54) is 0 Å². The van der Waals surface area contributed by atoms with Gasteiger partial charge in [-0.25, -0.2) is 0 Å². The summed E-state index contributed by atoms with van der Waals surface area (Å²) in [7, 11) is 3.96. The van der Waals surface area contributed by atoms with Gasteiger partial charge >= 0.3 is 0 Å². The first kappa shape index (κ1) is 15.5. The molecule has 0 aliphatic heterocycles. The number of nitrogens with two attached hydrogens (primary N) is 1. The summed E-state index contributed by atoms with van der Waals surface area (Å²) in [4.78, 5) is 14.0. The number of carbonyl (C=O) groups excluding carboxylic acids is 1. The molecule has 0 heterocycles. The van der Waals surface area contributed by atoms with Crippen LogP contribution in [0.2, 0.25) is 0 Å². The summed E-state index contributed by atoms with van der Waals surface area (Å²) in [5.74, 6) is 0.503. The Bertz CT molecular complexity index is 394. The molecule has 0 fully saturated rings. The van der Waals surface area contributed by atoms with Crippen LogP contribution in [0.25, 0.3) is 0 Å². The Morgan fingerprint density at radius 1 is 1.37 bits per heavy atom. The second-order valence-corrected chi connectivity index (χ2v) is 4.55. The molecule has 5 heteroatoms. The van der Waals surface area contributed by atoms with Crippen LogP contribution in [0.3, 0.4) is 0 Å². The zero-order valence-corrected chi connectivity index (χ0v) is 11.7. The molecule has 0 spiro atoms. The van der Waals surface area contributed by atoms with Gasteiger partial charge in [0.15, 0.2) is 0 Å². The number of hydrogen-bond donors (Lipinski definition) is 2. The smallest absolute Gasteiger partial charge is 0.255 e. The second-order valence-electron chi connectivity index (χ2n) is 4.55. The Morgan fingerprint density at radius 3 is 2.79 bits per heavy atom. The molecule has 19 heavy (non-hydrogen) atoms. The van der Waals surface area contributed by atoms with Gasteiger partial charge in [0, 0.05) is 13.1 Å². The number of hydrogen-bond acceptors (Lipinski definition) is 4. The maximum Gasteiger partial charge on any atom is 0.255 e. The first-order valence-corrected chi connectivity index (χ1v) is 6.50. The van der Waals surface area contributed by atoms with E-state index in [2.05, 4.69) is 5.32 Å². The first-order chi connectivity index (χ1) is 9.15. The van der Waals surface area contributed by atoms with E-state index in [0.29, 0.717) is 31.0 Å². The van der Waals surface area contributed by atoms with Crippen LogP contribution in [0.15, 0.2) is 24.3 Å². The summed E-state index contributed by atoms with van der Waals surface area (Å²) in [6, 6.07) is 7.27. The number of carbonyl (C=O) groups is 1. The fourth-order valence-corrected chi connectivity index (χ4v) is 1.52. The van der Waals surface area contributed by atoms with Crippen molar-refractivity contribution in [2.45, 2.75) is 6.42 Å². The Kier molecular flexibility index (Phi) is 6.92. The average molecular weight is 265 g/mol. The summed E-state index contributed by atoms with van der Waals surface area (Å²) in [6.07, 6.45) is 0.773. The summed E-state index contributed by atoms with van der Waals surface area (Å²) >= 11 is 0. The minimum atomic E-state index is -0.117. The molecule has 1 amide bonds. The summed E-state index contributed by atoms with van der Waals surface area (Å²) in [6.45, 7) is 2.52. The predicted octanol–water partition coefficient (Wildman–Crippen LogP) is 0.706. The molecule has 3 N–H and O–H groups in total. The third kappa shape index (κ3) is 5.72. The van der Waals surface area contributed by atoms with Gasteiger partial charge in [-0.05, 0) is 39.2 Å². The van der Waals surface area contributed by atoms with Crippen LogP contribution in [0.5, 0.6) is 5.75 Å². The number of nitrogens with zero attached hydrogens (tertiary/aromatic N) is 1. The van der Waals surface area contributed by atoms with E-state index in [-0.39, 0.29) is 5.91 Å². The van der Waals surface area contributed by atoms with E-state index in [9.17, 15) is 4.79 Å². The van der Waals surface area contributed by atoms with Crippen LogP contribution < -0.4 is 15.8 Å². The zero-order valence-electron chi connectivity index (χ0n) is 11.7. The Labute approximate surface area is 114 Å². The van der Waals surface area contributed by atoms with Gasteiger partial charge < -0.3 is 20.7 Å². The summed E-state index contributed by atoms with van der Waals surface area (Å²) in [5, 5.41) is 2.83. The molecular formula is C14H23N3O2. The predicted molar refractivity (Wildman–Crippen MR) is 76.5 cm³/mol. The molecule has 0 saturated heterocycles. The summed E-state index contributed by atoms with van der Waals surface area (Å²) in [5.41, 5.74) is 5.96. The van der Waals surface area contributed by atoms with E-state index in [4.69, 9.17) is 10.5 Å². The van der Waals surface area contributed by atoms with Gasteiger partial charge in [0.2, 0.25) is 0 Å². The number of benzene rings is 1. The normalized spacial score (nSPS) is 10.5. The van der Waals surface area contributed by atoms with Crippen molar-refractivity contribution in [1.29, 1.82) is 0 Å². The number of ether oxygens (including phenoxy) is 1. The van der Waals surface area contributed by atoms with E-state index in [1.807, 2.05) is 37.2 Å².